The number of alkyl halides is 6. The normalized spacial score (nSPS) is 28.1. The fourth-order valence-electron chi connectivity index (χ4n) is 8.22. The van der Waals surface area contributed by atoms with Crippen molar-refractivity contribution in [3.8, 4) is 5.75 Å². The molecular formula is C33H37F6NO3. The van der Waals surface area contributed by atoms with E-state index in [1.165, 1.54) is 0 Å². The lowest BCUT2D eigenvalue weighted by molar-refractivity contribution is -0.142. The summed E-state index contributed by atoms with van der Waals surface area (Å²) < 4.78 is 88.7. The molecule has 10 heteroatoms. The molecule has 2 bridgehead atoms. The summed E-state index contributed by atoms with van der Waals surface area (Å²) in [5, 5.41) is 9.69. The number of fused-ring (bicyclic) bond motifs is 3. The summed E-state index contributed by atoms with van der Waals surface area (Å²) in [6, 6.07) is 6.96. The summed E-state index contributed by atoms with van der Waals surface area (Å²) in [6.07, 6.45) is -2.88. The molecule has 3 fully saturated rings. The van der Waals surface area contributed by atoms with Crippen LogP contribution in [0, 0.1) is 17.8 Å². The van der Waals surface area contributed by atoms with Crippen LogP contribution in [0.1, 0.15) is 98.6 Å². The number of halogens is 6. The molecule has 234 valence electrons. The molecule has 2 aromatic rings. The molecular weight excluding hydrogens is 572 g/mol. The number of carbonyl (C=O) groups is 1. The van der Waals surface area contributed by atoms with Crippen LogP contribution < -0.4 is 4.74 Å². The molecule has 5 unspecified atom stereocenters. The Morgan fingerprint density at radius 3 is 2.16 bits per heavy atom. The number of benzene rings is 2. The molecule has 0 aromatic heterocycles. The Bertz CT molecular complexity index is 1360. The Kier molecular flexibility index (Phi) is 7.75. The van der Waals surface area contributed by atoms with Crippen LogP contribution >= 0.6 is 0 Å². The van der Waals surface area contributed by atoms with Gasteiger partial charge in [-0.25, -0.2) is 0 Å². The average Bonchev–Trinajstić information content (AvgIpc) is 3.74. The minimum absolute atomic E-state index is 0.0404. The zero-order valence-corrected chi connectivity index (χ0v) is 24.2. The van der Waals surface area contributed by atoms with E-state index in [0.717, 1.165) is 55.4 Å². The first kappa shape index (κ1) is 30.3. The number of nitrogens with zero attached hydrogens (tertiary/aromatic N) is 1. The van der Waals surface area contributed by atoms with Crippen LogP contribution in [0.5, 0.6) is 5.75 Å². The molecule has 6 rings (SSSR count). The van der Waals surface area contributed by atoms with E-state index in [1.54, 1.807) is 13.8 Å². The molecule has 4 aliphatic rings. The number of hydrogen-bond acceptors (Lipinski definition) is 3. The molecule has 2 aromatic carbocycles. The number of rotatable bonds is 7. The van der Waals surface area contributed by atoms with Crippen molar-refractivity contribution in [3.05, 3.63) is 64.2 Å². The van der Waals surface area contributed by atoms with Gasteiger partial charge in [0.15, 0.2) is 0 Å². The van der Waals surface area contributed by atoms with Gasteiger partial charge in [0.05, 0.1) is 17.0 Å². The van der Waals surface area contributed by atoms with Crippen LogP contribution in [0.2, 0.25) is 0 Å². The van der Waals surface area contributed by atoms with E-state index in [1.807, 2.05) is 23.1 Å². The van der Waals surface area contributed by atoms with Gasteiger partial charge in [0.1, 0.15) is 11.9 Å². The topological polar surface area (TPSA) is 49.8 Å². The van der Waals surface area contributed by atoms with Crippen molar-refractivity contribution in [1.82, 2.24) is 4.90 Å². The van der Waals surface area contributed by atoms with Gasteiger partial charge in [-0.2, -0.15) is 26.3 Å². The molecule has 3 aliphatic heterocycles. The zero-order valence-electron chi connectivity index (χ0n) is 24.2. The molecule has 7 atom stereocenters. The van der Waals surface area contributed by atoms with Gasteiger partial charge in [-0.1, -0.05) is 19.1 Å². The average molecular weight is 610 g/mol. The second-order valence-electron chi connectivity index (χ2n) is 13.1. The molecule has 1 saturated carbocycles. The number of piperidine rings is 1. The van der Waals surface area contributed by atoms with E-state index < -0.39 is 41.4 Å². The number of carboxylic acid groups (broad SMARTS) is 1. The molecule has 0 radical (unpaired) electrons. The summed E-state index contributed by atoms with van der Waals surface area (Å²) in [7, 11) is 0. The van der Waals surface area contributed by atoms with Crippen molar-refractivity contribution in [2.45, 2.75) is 108 Å². The van der Waals surface area contributed by atoms with Gasteiger partial charge in [-0.3, -0.25) is 9.69 Å². The molecule has 1 aliphatic carbocycles. The standard InChI is InChI=1S/C33H37F6NO3/c1-17(31(41)42)30(20-4-5-20)21-6-3-19-7-12-28(43-29(19)15-21)22-13-24-9-10-25(14-22)40(24)18(2)26-16-23(32(34,35)36)8-11-27(26)33(37,38)39/h3,6,8,11,15-18,20,22,24-25,28,30H,4-5,7,9-10,12-14H2,1-2H3,(H,41,42)/t17?,18?,22?,24-,25+,28?,30?. The third kappa shape index (κ3) is 5.88. The smallest absolute Gasteiger partial charge is 0.416 e. The highest BCUT2D eigenvalue weighted by Gasteiger charge is 2.48. The van der Waals surface area contributed by atoms with Crippen LogP contribution in [0.3, 0.4) is 0 Å². The first-order chi connectivity index (χ1) is 20.2. The highest BCUT2D eigenvalue weighted by Crippen LogP contribution is 2.50. The molecule has 0 amide bonds. The van der Waals surface area contributed by atoms with Gasteiger partial charge >= 0.3 is 18.3 Å². The molecule has 3 heterocycles. The highest BCUT2D eigenvalue weighted by molar-refractivity contribution is 5.71. The van der Waals surface area contributed by atoms with Gasteiger partial charge in [-0.15, -0.1) is 0 Å². The van der Waals surface area contributed by atoms with Crippen LogP contribution in [-0.4, -0.2) is 34.2 Å². The van der Waals surface area contributed by atoms with Crippen molar-refractivity contribution in [2.24, 2.45) is 17.8 Å². The lowest BCUT2D eigenvalue weighted by Gasteiger charge is -2.45. The first-order valence-corrected chi connectivity index (χ1v) is 15.3. The Morgan fingerprint density at radius 2 is 1.58 bits per heavy atom. The molecule has 0 spiro atoms. The maximum absolute atomic E-state index is 13.9. The Balaban J connectivity index is 1.20. The Morgan fingerprint density at radius 1 is 0.907 bits per heavy atom. The van der Waals surface area contributed by atoms with E-state index in [9.17, 15) is 36.2 Å². The third-order valence-corrected chi connectivity index (χ3v) is 10.4. The lowest BCUT2D eigenvalue weighted by Crippen LogP contribution is -2.48. The zero-order chi connectivity index (χ0) is 30.8. The summed E-state index contributed by atoms with van der Waals surface area (Å²) in [6.45, 7) is 3.36. The summed E-state index contributed by atoms with van der Waals surface area (Å²) in [5.41, 5.74) is -0.328. The number of carboxylic acids is 1. The highest BCUT2D eigenvalue weighted by atomic mass is 19.4. The largest absolute Gasteiger partial charge is 0.490 e. The van der Waals surface area contributed by atoms with E-state index in [-0.39, 0.29) is 35.6 Å². The van der Waals surface area contributed by atoms with Gasteiger partial charge in [-0.05, 0) is 117 Å². The van der Waals surface area contributed by atoms with Gasteiger partial charge < -0.3 is 9.84 Å². The van der Waals surface area contributed by atoms with E-state index in [2.05, 4.69) is 0 Å². The summed E-state index contributed by atoms with van der Waals surface area (Å²) in [4.78, 5) is 13.8. The third-order valence-electron chi connectivity index (χ3n) is 10.4. The molecule has 4 nitrogen and oxygen atoms in total. The van der Waals surface area contributed by atoms with Crippen molar-refractivity contribution in [2.75, 3.05) is 0 Å². The summed E-state index contributed by atoms with van der Waals surface area (Å²) >= 11 is 0. The van der Waals surface area contributed by atoms with Crippen molar-refractivity contribution in [1.29, 1.82) is 0 Å². The van der Waals surface area contributed by atoms with Crippen LogP contribution in [-0.2, 0) is 23.6 Å². The van der Waals surface area contributed by atoms with E-state index in [0.29, 0.717) is 37.0 Å². The van der Waals surface area contributed by atoms with Gasteiger partial charge in [0.25, 0.3) is 0 Å². The predicted molar refractivity (Wildman–Crippen MR) is 148 cm³/mol. The monoisotopic (exact) mass is 609 g/mol. The van der Waals surface area contributed by atoms with Crippen LogP contribution in [0.25, 0.3) is 0 Å². The SMILES string of the molecule is CC(C(=O)O)C(c1ccc2c(c1)OC(C1C[C@H]3CC[C@@H](C1)N3C(C)c1cc(C(F)(F)F)ccc1C(F)(F)F)CC2)C1CC1. The van der Waals surface area contributed by atoms with Gasteiger partial charge in [0.2, 0.25) is 0 Å². The van der Waals surface area contributed by atoms with Gasteiger partial charge in [0, 0.05) is 18.1 Å². The minimum Gasteiger partial charge on any atom is -0.490 e. The van der Waals surface area contributed by atoms with E-state index in [4.69, 9.17) is 4.74 Å². The molecule has 43 heavy (non-hydrogen) atoms. The lowest BCUT2D eigenvalue weighted by atomic mass is 9.80. The second-order valence-corrected chi connectivity index (χ2v) is 13.1. The quantitative estimate of drug-likeness (QED) is 0.320. The van der Waals surface area contributed by atoms with Crippen molar-refractivity contribution in [3.63, 3.8) is 0 Å². The second kappa shape index (κ2) is 11.0. The molecule has 1 N–H and O–H groups in total. The van der Waals surface area contributed by atoms with Crippen molar-refractivity contribution < 1.29 is 41.0 Å². The number of aliphatic carboxylic acids is 1. The van der Waals surface area contributed by atoms with Crippen LogP contribution in [0.15, 0.2) is 36.4 Å². The Labute approximate surface area is 247 Å². The number of hydrogen-bond donors (Lipinski definition) is 1. The first-order valence-electron chi connectivity index (χ1n) is 15.3. The predicted octanol–water partition coefficient (Wildman–Crippen LogP) is 8.64. The number of aryl methyl sites for hydroxylation is 1. The van der Waals surface area contributed by atoms with E-state index >= 15 is 0 Å². The minimum atomic E-state index is -4.76. The maximum Gasteiger partial charge on any atom is 0.416 e. The summed E-state index contributed by atoms with van der Waals surface area (Å²) in [5.74, 6) is -0.0404. The van der Waals surface area contributed by atoms with Crippen molar-refractivity contribution >= 4 is 5.97 Å². The number of ether oxygens (including phenoxy) is 1. The van der Waals surface area contributed by atoms with Crippen LogP contribution in [0.4, 0.5) is 26.3 Å². The fourth-order valence-corrected chi connectivity index (χ4v) is 8.22. The maximum atomic E-state index is 13.9. The molecule has 2 saturated heterocycles. The Hall–Kier alpha value is -2.75. The fraction of sp³-hybridized carbons (Fsp3) is 0.606.